The Labute approximate surface area is 151 Å². The molecule has 0 unspecified atom stereocenters. The van der Waals surface area contributed by atoms with E-state index in [0.29, 0.717) is 18.9 Å². The second-order valence-electron chi connectivity index (χ2n) is 5.56. The van der Waals surface area contributed by atoms with Crippen molar-refractivity contribution in [3.05, 3.63) is 52.7 Å². The van der Waals surface area contributed by atoms with Crippen molar-refractivity contribution in [1.29, 1.82) is 0 Å². The molecular formula is C17H15F3N4OS. The highest BCUT2D eigenvalue weighted by Crippen LogP contribution is 2.29. The van der Waals surface area contributed by atoms with Crippen LogP contribution in [0.25, 0.3) is 10.2 Å². The lowest BCUT2D eigenvalue weighted by Gasteiger charge is -2.09. The van der Waals surface area contributed by atoms with Gasteiger partial charge in [-0.2, -0.15) is 13.2 Å². The number of alkyl halides is 3. The van der Waals surface area contributed by atoms with Crippen molar-refractivity contribution in [2.45, 2.75) is 13.1 Å². The van der Waals surface area contributed by atoms with Gasteiger partial charge in [0, 0.05) is 23.5 Å². The Morgan fingerprint density at radius 2 is 1.88 bits per heavy atom. The van der Waals surface area contributed by atoms with Crippen LogP contribution in [0.2, 0.25) is 0 Å². The lowest BCUT2D eigenvalue weighted by Crippen LogP contribution is -2.29. The van der Waals surface area contributed by atoms with Crippen LogP contribution in [0.15, 0.2) is 36.7 Å². The number of benzene rings is 1. The number of carbonyl (C=O) groups is 1. The molecule has 0 aliphatic rings. The Morgan fingerprint density at radius 3 is 2.58 bits per heavy atom. The van der Waals surface area contributed by atoms with E-state index in [-0.39, 0.29) is 5.56 Å². The average molecular weight is 380 g/mol. The van der Waals surface area contributed by atoms with Gasteiger partial charge in [-0.25, -0.2) is 9.97 Å². The van der Waals surface area contributed by atoms with E-state index in [9.17, 15) is 18.0 Å². The van der Waals surface area contributed by atoms with Crippen molar-refractivity contribution in [3.8, 4) is 0 Å². The minimum Gasteiger partial charge on any atom is -0.368 e. The van der Waals surface area contributed by atoms with Gasteiger partial charge in [-0.15, -0.1) is 11.3 Å². The normalized spacial score (nSPS) is 11.5. The quantitative estimate of drug-likeness (QED) is 0.660. The van der Waals surface area contributed by atoms with Crippen LogP contribution in [0.1, 0.15) is 20.8 Å². The van der Waals surface area contributed by atoms with Crippen LogP contribution in [0.5, 0.6) is 0 Å². The molecule has 0 aliphatic heterocycles. The molecule has 5 nitrogen and oxygen atoms in total. The first-order chi connectivity index (χ1) is 12.3. The van der Waals surface area contributed by atoms with Crippen molar-refractivity contribution < 1.29 is 18.0 Å². The molecule has 0 bridgehead atoms. The van der Waals surface area contributed by atoms with Crippen LogP contribution in [0.3, 0.4) is 0 Å². The van der Waals surface area contributed by atoms with E-state index >= 15 is 0 Å². The van der Waals surface area contributed by atoms with E-state index in [2.05, 4.69) is 20.6 Å². The second-order valence-corrected chi connectivity index (χ2v) is 6.79. The largest absolute Gasteiger partial charge is 0.416 e. The molecule has 0 saturated carbocycles. The Hall–Kier alpha value is -2.68. The summed E-state index contributed by atoms with van der Waals surface area (Å²) in [5, 5.41) is 6.71. The molecule has 9 heteroatoms. The third-order valence-corrected chi connectivity index (χ3v) is 4.59. The summed E-state index contributed by atoms with van der Waals surface area (Å²) in [5.41, 5.74) is -0.606. The summed E-state index contributed by atoms with van der Waals surface area (Å²) >= 11 is 1.57. The van der Waals surface area contributed by atoms with Crippen LogP contribution < -0.4 is 10.6 Å². The van der Waals surface area contributed by atoms with Crippen molar-refractivity contribution in [2.24, 2.45) is 0 Å². The molecule has 0 aliphatic carbocycles. The first-order valence-electron chi connectivity index (χ1n) is 7.75. The van der Waals surface area contributed by atoms with E-state index in [1.165, 1.54) is 6.33 Å². The fourth-order valence-corrected chi connectivity index (χ4v) is 3.23. The lowest BCUT2D eigenvalue weighted by molar-refractivity contribution is -0.137. The molecule has 2 aromatic heterocycles. The number of aromatic nitrogens is 2. The van der Waals surface area contributed by atoms with Gasteiger partial charge in [0.15, 0.2) is 0 Å². The van der Waals surface area contributed by atoms with Crippen LogP contribution in [0, 0.1) is 6.92 Å². The number of amides is 1. The van der Waals surface area contributed by atoms with Gasteiger partial charge in [0.2, 0.25) is 0 Å². The molecule has 0 atom stereocenters. The minimum atomic E-state index is -4.41. The van der Waals surface area contributed by atoms with Gasteiger partial charge in [0.1, 0.15) is 17.0 Å². The number of halogens is 3. The number of thiophene rings is 1. The third kappa shape index (κ3) is 4.10. The summed E-state index contributed by atoms with van der Waals surface area (Å²) in [5.74, 6) is 0.253. The fourth-order valence-electron chi connectivity index (χ4n) is 2.39. The van der Waals surface area contributed by atoms with Crippen LogP contribution in [0.4, 0.5) is 19.0 Å². The summed E-state index contributed by atoms with van der Waals surface area (Å²) < 4.78 is 37.6. The van der Waals surface area contributed by atoms with Gasteiger partial charge < -0.3 is 10.6 Å². The number of rotatable bonds is 5. The SMILES string of the molecule is Cc1cc2c(NCCNC(=O)c3ccc(C(F)(F)F)cc3)ncnc2s1. The second kappa shape index (κ2) is 7.28. The van der Waals surface area contributed by atoms with E-state index in [1.54, 1.807) is 11.3 Å². The summed E-state index contributed by atoms with van der Waals surface area (Å²) in [4.78, 5) is 22.4. The number of nitrogens with one attached hydrogen (secondary N) is 2. The highest BCUT2D eigenvalue weighted by Gasteiger charge is 2.30. The lowest BCUT2D eigenvalue weighted by atomic mass is 10.1. The van der Waals surface area contributed by atoms with Gasteiger partial charge in [-0.05, 0) is 37.3 Å². The molecule has 1 amide bonds. The van der Waals surface area contributed by atoms with Crippen molar-refractivity contribution in [1.82, 2.24) is 15.3 Å². The molecule has 1 aromatic carbocycles. The Morgan fingerprint density at radius 1 is 1.15 bits per heavy atom. The number of fused-ring (bicyclic) bond motifs is 1. The van der Waals surface area contributed by atoms with E-state index in [1.807, 2.05) is 13.0 Å². The average Bonchev–Trinajstić information content (AvgIpc) is 2.99. The highest BCUT2D eigenvalue weighted by atomic mass is 32.1. The maximum Gasteiger partial charge on any atom is 0.416 e. The predicted octanol–water partition coefficient (Wildman–Crippen LogP) is 3.86. The standard InChI is InChI=1S/C17H15F3N4OS/c1-10-8-13-14(23-9-24-16(13)26-10)21-6-7-22-15(25)11-2-4-12(5-3-11)17(18,19)20/h2-5,8-9H,6-7H2,1H3,(H,22,25)(H,21,23,24). The molecule has 0 spiro atoms. The van der Waals surface area contributed by atoms with E-state index in [4.69, 9.17) is 0 Å². The molecular weight excluding hydrogens is 365 g/mol. The van der Waals surface area contributed by atoms with E-state index in [0.717, 1.165) is 39.4 Å². The number of hydrogen-bond acceptors (Lipinski definition) is 5. The topological polar surface area (TPSA) is 66.9 Å². The Balaban J connectivity index is 1.54. The number of anilines is 1. The molecule has 0 fully saturated rings. The number of nitrogens with zero attached hydrogens (tertiary/aromatic N) is 2. The summed E-state index contributed by atoms with van der Waals surface area (Å²) in [6, 6.07) is 6.10. The molecule has 2 heterocycles. The molecule has 3 aromatic rings. The van der Waals surface area contributed by atoms with Crippen LogP contribution >= 0.6 is 11.3 Å². The maximum absolute atomic E-state index is 12.5. The van der Waals surface area contributed by atoms with Gasteiger partial charge in [-0.3, -0.25) is 4.79 Å². The number of hydrogen-bond donors (Lipinski definition) is 2. The van der Waals surface area contributed by atoms with Gasteiger partial charge in [-0.1, -0.05) is 0 Å². The van der Waals surface area contributed by atoms with Gasteiger partial charge in [0.05, 0.1) is 10.9 Å². The summed E-state index contributed by atoms with van der Waals surface area (Å²) in [6.07, 6.45) is -2.94. The summed E-state index contributed by atoms with van der Waals surface area (Å²) in [7, 11) is 0. The van der Waals surface area contributed by atoms with Crippen LogP contribution in [-0.2, 0) is 6.18 Å². The summed E-state index contributed by atoms with van der Waals surface area (Å²) in [6.45, 7) is 2.71. The van der Waals surface area contributed by atoms with E-state index < -0.39 is 17.6 Å². The fraction of sp³-hybridized carbons (Fsp3) is 0.235. The molecule has 0 radical (unpaired) electrons. The smallest absolute Gasteiger partial charge is 0.368 e. The zero-order valence-corrected chi connectivity index (χ0v) is 14.5. The zero-order valence-electron chi connectivity index (χ0n) is 13.7. The first-order valence-corrected chi connectivity index (χ1v) is 8.57. The first kappa shape index (κ1) is 18.1. The number of aryl methyl sites for hydroxylation is 1. The van der Waals surface area contributed by atoms with Crippen LogP contribution in [-0.4, -0.2) is 29.0 Å². The highest BCUT2D eigenvalue weighted by molar-refractivity contribution is 7.18. The monoisotopic (exact) mass is 380 g/mol. The Kier molecular flexibility index (Phi) is 5.08. The zero-order chi connectivity index (χ0) is 18.7. The van der Waals surface area contributed by atoms with Gasteiger partial charge in [0.25, 0.3) is 5.91 Å². The molecule has 2 N–H and O–H groups in total. The van der Waals surface area contributed by atoms with Gasteiger partial charge >= 0.3 is 6.18 Å². The molecule has 136 valence electrons. The minimum absolute atomic E-state index is 0.177. The third-order valence-electron chi connectivity index (χ3n) is 3.63. The molecule has 0 saturated heterocycles. The molecule has 26 heavy (non-hydrogen) atoms. The Bertz CT molecular complexity index is 922. The predicted molar refractivity (Wildman–Crippen MR) is 94.4 cm³/mol. The number of carbonyl (C=O) groups excluding carboxylic acids is 1. The van der Waals surface area contributed by atoms with Crippen molar-refractivity contribution >= 4 is 33.3 Å². The molecule has 3 rings (SSSR count). The van der Waals surface area contributed by atoms with Crippen molar-refractivity contribution in [3.63, 3.8) is 0 Å². The van der Waals surface area contributed by atoms with Crippen molar-refractivity contribution in [2.75, 3.05) is 18.4 Å². The maximum atomic E-state index is 12.5.